The lowest BCUT2D eigenvalue weighted by atomic mass is 10.0. The molecule has 0 aliphatic rings. The minimum absolute atomic E-state index is 0.0875. The molecular weight excluding hydrogens is 240 g/mol. The van der Waals surface area contributed by atoms with Gasteiger partial charge in [0.15, 0.2) is 0 Å². The Kier molecular flexibility index (Phi) is 3.18. The quantitative estimate of drug-likeness (QED) is 0.914. The van der Waals surface area contributed by atoms with Gasteiger partial charge in [-0.3, -0.25) is 4.68 Å². The van der Waals surface area contributed by atoms with E-state index in [0.717, 1.165) is 0 Å². The molecule has 96 valence electrons. The summed E-state index contributed by atoms with van der Waals surface area (Å²) in [5, 5.41) is 3.95. The first kappa shape index (κ1) is 12.3. The third-order valence-corrected chi connectivity index (χ3v) is 2.77. The second-order valence-corrected chi connectivity index (χ2v) is 3.82. The summed E-state index contributed by atoms with van der Waals surface area (Å²) in [4.78, 5) is 0. The highest BCUT2D eigenvalue weighted by Crippen LogP contribution is 2.36. The van der Waals surface area contributed by atoms with Crippen molar-refractivity contribution < 1.29 is 13.5 Å². The molecule has 0 saturated carbocycles. The van der Waals surface area contributed by atoms with Crippen LogP contribution in [0.4, 0.5) is 14.6 Å². The normalized spacial score (nSPS) is 10.9. The zero-order valence-electron chi connectivity index (χ0n) is 10.0. The van der Waals surface area contributed by atoms with E-state index in [0.29, 0.717) is 22.7 Å². The third kappa shape index (κ3) is 2.01. The molecule has 2 rings (SSSR count). The number of halogens is 2. The van der Waals surface area contributed by atoms with Gasteiger partial charge in [0.05, 0.1) is 13.3 Å². The van der Waals surface area contributed by atoms with Crippen molar-refractivity contribution in [1.82, 2.24) is 9.78 Å². The molecule has 0 atom stereocenters. The summed E-state index contributed by atoms with van der Waals surface area (Å²) in [6, 6.07) is 4.37. The highest BCUT2D eigenvalue weighted by atomic mass is 19.3. The van der Waals surface area contributed by atoms with E-state index in [1.165, 1.54) is 36.2 Å². The van der Waals surface area contributed by atoms with Crippen LogP contribution in [0.1, 0.15) is 12.0 Å². The van der Waals surface area contributed by atoms with Crippen LogP contribution >= 0.6 is 0 Å². The average Bonchev–Trinajstić information content (AvgIpc) is 2.69. The monoisotopic (exact) mass is 253 g/mol. The average molecular weight is 253 g/mol. The van der Waals surface area contributed by atoms with Gasteiger partial charge in [0.1, 0.15) is 11.6 Å². The van der Waals surface area contributed by atoms with Gasteiger partial charge >= 0.3 is 0 Å². The maximum absolute atomic E-state index is 13.0. The molecular formula is C12H13F2N3O. The number of hydrogen-bond donors (Lipinski definition) is 1. The number of rotatable bonds is 3. The van der Waals surface area contributed by atoms with Crippen molar-refractivity contribution in [2.75, 3.05) is 12.8 Å². The van der Waals surface area contributed by atoms with Gasteiger partial charge in [-0.25, -0.2) is 8.78 Å². The molecule has 0 fully saturated rings. The molecule has 0 aliphatic heterocycles. The number of anilines is 1. The van der Waals surface area contributed by atoms with Crippen LogP contribution in [0.2, 0.25) is 0 Å². The van der Waals surface area contributed by atoms with E-state index < -0.39 is 6.43 Å². The number of ether oxygens (including phenoxy) is 1. The van der Waals surface area contributed by atoms with E-state index in [1.54, 1.807) is 7.05 Å². The van der Waals surface area contributed by atoms with E-state index >= 15 is 0 Å². The molecule has 0 radical (unpaired) electrons. The summed E-state index contributed by atoms with van der Waals surface area (Å²) in [5.74, 6) is 0.836. The van der Waals surface area contributed by atoms with Crippen molar-refractivity contribution in [2.24, 2.45) is 7.05 Å². The molecule has 1 heterocycles. The van der Waals surface area contributed by atoms with Crippen LogP contribution in [0, 0.1) is 0 Å². The van der Waals surface area contributed by atoms with Gasteiger partial charge in [0.2, 0.25) is 0 Å². The summed E-state index contributed by atoms with van der Waals surface area (Å²) in [7, 11) is 3.13. The SMILES string of the molecule is COc1ccc(C(F)F)c(-c2cnn(C)c2N)c1. The van der Waals surface area contributed by atoms with Crippen LogP contribution in [-0.4, -0.2) is 16.9 Å². The molecule has 6 heteroatoms. The predicted molar refractivity (Wildman–Crippen MR) is 64.6 cm³/mol. The molecule has 0 amide bonds. The van der Waals surface area contributed by atoms with Gasteiger partial charge in [0.25, 0.3) is 6.43 Å². The fourth-order valence-corrected chi connectivity index (χ4v) is 1.74. The van der Waals surface area contributed by atoms with Crippen molar-refractivity contribution in [3.05, 3.63) is 30.0 Å². The van der Waals surface area contributed by atoms with Crippen molar-refractivity contribution in [2.45, 2.75) is 6.43 Å². The molecule has 2 aromatic rings. The Balaban J connectivity index is 2.63. The summed E-state index contributed by atoms with van der Waals surface area (Å²) < 4.78 is 32.4. The van der Waals surface area contributed by atoms with E-state index in [2.05, 4.69) is 5.10 Å². The van der Waals surface area contributed by atoms with Crippen molar-refractivity contribution >= 4 is 5.82 Å². The van der Waals surface area contributed by atoms with Crippen molar-refractivity contribution in [3.8, 4) is 16.9 Å². The summed E-state index contributed by atoms with van der Waals surface area (Å²) in [6.07, 6.45) is -1.11. The fraction of sp³-hybridized carbons (Fsp3) is 0.250. The first-order valence-electron chi connectivity index (χ1n) is 5.28. The number of methoxy groups -OCH3 is 1. The first-order valence-corrected chi connectivity index (χ1v) is 5.28. The number of hydrogen-bond acceptors (Lipinski definition) is 3. The second-order valence-electron chi connectivity index (χ2n) is 3.82. The molecule has 4 nitrogen and oxygen atoms in total. The van der Waals surface area contributed by atoms with Gasteiger partial charge in [-0.2, -0.15) is 5.10 Å². The smallest absolute Gasteiger partial charge is 0.264 e. The summed E-state index contributed by atoms with van der Waals surface area (Å²) >= 11 is 0. The largest absolute Gasteiger partial charge is 0.497 e. The Labute approximate surface area is 103 Å². The highest BCUT2D eigenvalue weighted by molar-refractivity contribution is 5.77. The zero-order chi connectivity index (χ0) is 13.3. The minimum atomic E-state index is -2.58. The lowest BCUT2D eigenvalue weighted by molar-refractivity contribution is 0.152. The lowest BCUT2D eigenvalue weighted by Crippen LogP contribution is -1.99. The highest BCUT2D eigenvalue weighted by Gasteiger charge is 2.18. The Bertz CT molecular complexity index is 566. The molecule has 18 heavy (non-hydrogen) atoms. The van der Waals surface area contributed by atoms with E-state index in [-0.39, 0.29) is 5.56 Å². The van der Waals surface area contributed by atoms with Crippen LogP contribution in [0.5, 0.6) is 5.75 Å². The second kappa shape index (κ2) is 4.64. The van der Waals surface area contributed by atoms with Crippen LogP contribution in [0.15, 0.2) is 24.4 Å². The molecule has 2 N–H and O–H groups in total. The molecule has 0 unspecified atom stereocenters. The molecule has 0 bridgehead atoms. The molecule has 1 aromatic carbocycles. The van der Waals surface area contributed by atoms with Crippen molar-refractivity contribution in [1.29, 1.82) is 0 Å². The Hall–Kier alpha value is -2.11. The number of nitrogens with zero attached hydrogens (tertiary/aromatic N) is 2. The van der Waals surface area contributed by atoms with Gasteiger partial charge in [-0.15, -0.1) is 0 Å². The zero-order valence-corrected chi connectivity index (χ0v) is 10.0. The number of benzene rings is 1. The number of nitrogen functional groups attached to an aromatic ring is 1. The number of aromatic nitrogens is 2. The number of alkyl halides is 2. The van der Waals surface area contributed by atoms with Crippen LogP contribution in [0.3, 0.4) is 0 Å². The maximum Gasteiger partial charge on any atom is 0.264 e. The topological polar surface area (TPSA) is 53.1 Å². The van der Waals surface area contributed by atoms with E-state index in [1.807, 2.05) is 0 Å². The first-order chi connectivity index (χ1) is 8.54. The van der Waals surface area contributed by atoms with Crippen molar-refractivity contribution in [3.63, 3.8) is 0 Å². The Morgan fingerprint density at radius 2 is 2.06 bits per heavy atom. The Morgan fingerprint density at radius 1 is 1.33 bits per heavy atom. The minimum Gasteiger partial charge on any atom is -0.497 e. The molecule has 0 saturated heterocycles. The van der Waals surface area contributed by atoms with Gasteiger partial charge < -0.3 is 10.5 Å². The van der Waals surface area contributed by atoms with Gasteiger partial charge in [-0.1, -0.05) is 0 Å². The summed E-state index contributed by atoms with van der Waals surface area (Å²) in [6.45, 7) is 0. The number of aryl methyl sites for hydroxylation is 1. The molecule has 0 aliphatic carbocycles. The molecule has 1 aromatic heterocycles. The standard InChI is InChI=1S/C12H13F2N3O/c1-17-12(15)10(6-16-17)9-5-7(18-2)3-4-8(9)11(13)14/h3-6,11H,15H2,1-2H3. The van der Waals surface area contributed by atoms with Crippen LogP contribution in [-0.2, 0) is 7.05 Å². The van der Waals surface area contributed by atoms with Crippen LogP contribution < -0.4 is 10.5 Å². The fourth-order valence-electron chi connectivity index (χ4n) is 1.74. The molecule has 0 spiro atoms. The van der Waals surface area contributed by atoms with Gasteiger partial charge in [-0.05, 0) is 23.8 Å². The van der Waals surface area contributed by atoms with Crippen LogP contribution in [0.25, 0.3) is 11.1 Å². The van der Waals surface area contributed by atoms with E-state index in [9.17, 15) is 8.78 Å². The maximum atomic E-state index is 13.0. The number of nitrogens with two attached hydrogens (primary N) is 1. The van der Waals surface area contributed by atoms with Gasteiger partial charge in [0, 0.05) is 18.2 Å². The van der Waals surface area contributed by atoms with E-state index in [4.69, 9.17) is 10.5 Å². The third-order valence-electron chi connectivity index (χ3n) is 2.77. The predicted octanol–water partition coefficient (Wildman–Crippen LogP) is 2.62. The lowest BCUT2D eigenvalue weighted by Gasteiger charge is -2.10. The Morgan fingerprint density at radius 3 is 2.56 bits per heavy atom. The summed E-state index contributed by atoms with van der Waals surface area (Å²) in [5.41, 5.74) is 6.54.